The summed E-state index contributed by atoms with van der Waals surface area (Å²) in [4.78, 5) is 10.7. The fourth-order valence-electron chi connectivity index (χ4n) is 0.943. The third-order valence-electron chi connectivity index (χ3n) is 1.85. The highest BCUT2D eigenvalue weighted by Crippen LogP contribution is 2.13. The van der Waals surface area contributed by atoms with E-state index in [0.717, 1.165) is 6.42 Å². The Morgan fingerprint density at radius 3 is 2.47 bits per heavy atom. The van der Waals surface area contributed by atoms with E-state index in [1.165, 1.54) is 6.92 Å². The number of aliphatic hydroxyl groups excluding tert-OH is 2. The van der Waals surface area contributed by atoms with Gasteiger partial charge in [0.1, 0.15) is 5.76 Å². The molecule has 0 fully saturated rings. The van der Waals surface area contributed by atoms with Gasteiger partial charge in [-0.3, -0.25) is 0 Å². The van der Waals surface area contributed by atoms with Crippen LogP contribution in [-0.2, 0) is 9.53 Å². The van der Waals surface area contributed by atoms with E-state index in [0.29, 0.717) is 6.61 Å². The second kappa shape index (κ2) is 7.25. The van der Waals surface area contributed by atoms with Gasteiger partial charge in [0, 0.05) is 6.42 Å². The van der Waals surface area contributed by atoms with E-state index in [4.69, 9.17) is 14.9 Å². The Morgan fingerprint density at radius 2 is 2.07 bits per heavy atom. The van der Waals surface area contributed by atoms with Crippen LogP contribution in [0.15, 0.2) is 11.3 Å². The molecule has 0 aromatic heterocycles. The highest BCUT2D eigenvalue weighted by Gasteiger charge is 2.14. The quantitative estimate of drug-likeness (QED) is 0.428. The molecule has 0 aromatic carbocycles. The lowest BCUT2D eigenvalue weighted by molar-refractivity contribution is -0.132. The van der Waals surface area contributed by atoms with E-state index in [9.17, 15) is 9.90 Å². The molecule has 0 aliphatic carbocycles. The molecule has 0 aromatic rings. The number of carbonyl (C=O) groups is 1. The Bertz CT molecular complexity index is 234. The van der Waals surface area contributed by atoms with Crippen molar-refractivity contribution < 1.29 is 24.9 Å². The SMILES string of the molecule is CCCOC(CC(O)CO)=C(C)C(=O)O. The van der Waals surface area contributed by atoms with E-state index >= 15 is 0 Å². The summed E-state index contributed by atoms with van der Waals surface area (Å²) in [5.41, 5.74) is 0.0657. The van der Waals surface area contributed by atoms with Gasteiger partial charge in [-0.05, 0) is 13.3 Å². The first-order valence-electron chi connectivity index (χ1n) is 4.87. The van der Waals surface area contributed by atoms with Crippen LogP contribution in [0.3, 0.4) is 0 Å². The first-order valence-corrected chi connectivity index (χ1v) is 4.87. The first-order chi connectivity index (χ1) is 7.02. The van der Waals surface area contributed by atoms with Crippen LogP contribution in [0, 0.1) is 0 Å². The molecule has 0 amide bonds. The maximum atomic E-state index is 10.7. The van der Waals surface area contributed by atoms with Gasteiger partial charge in [0.2, 0.25) is 0 Å². The summed E-state index contributed by atoms with van der Waals surface area (Å²) in [5.74, 6) is -0.850. The van der Waals surface area contributed by atoms with Crippen molar-refractivity contribution in [1.82, 2.24) is 0 Å². The molecular formula is C10H18O5. The van der Waals surface area contributed by atoms with Gasteiger partial charge in [0.15, 0.2) is 0 Å². The molecule has 0 rings (SSSR count). The van der Waals surface area contributed by atoms with Crippen molar-refractivity contribution in [1.29, 1.82) is 0 Å². The van der Waals surface area contributed by atoms with Gasteiger partial charge in [-0.1, -0.05) is 6.92 Å². The topological polar surface area (TPSA) is 87.0 Å². The molecule has 0 spiro atoms. The number of carboxylic acid groups (broad SMARTS) is 1. The summed E-state index contributed by atoms with van der Waals surface area (Å²) in [5, 5.41) is 26.6. The van der Waals surface area contributed by atoms with Crippen molar-refractivity contribution in [3.63, 3.8) is 0 Å². The zero-order valence-corrected chi connectivity index (χ0v) is 9.06. The molecule has 0 radical (unpaired) electrons. The molecule has 0 aliphatic heterocycles. The number of aliphatic hydroxyl groups is 2. The van der Waals surface area contributed by atoms with Gasteiger partial charge in [-0.2, -0.15) is 0 Å². The Hall–Kier alpha value is -1.07. The fraction of sp³-hybridized carbons (Fsp3) is 0.700. The molecule has 0 saturated heterocycles. The van der Waals surface area contributed by atoms with E-state index in [-0.39, 0.29) is 17.8 Å². The van der Waals surface area contributed by atoms with Crippen LogP contribution < -0.4 is 0 Å². The minimum absolute atomic E-state index is 0.0225. The Labute approximate surface area is 89.0 Å². The van der Waals surface area contributed by atoms with E-state index in [1.807, 2.05) is 6.92 Å². The summed E-state index contributed by atoms with van der Waals surface area (Å²) < 4.78 is 5.21. The summed E-state index contributed by atoms with van der Waals surface area (Å²) in [6, 6.07) is 0. The number of aliphatic carboxylic acids is 1. The number of hydrogen-bond acceptors (Lipinski definition) is 4. The van der Waals surface area contributed by atoms with Crippen LogP contribution in [0.1, 0.15) is 26.7 Å². The zero-order valence-electron chi connectivity index (χ0n) is 9.06. The van der Waals surface area contributed by atoms with Gasteiger partial charge in [-0.15, -0.1) is 0 Å². The van der Waals surface area contributed by atoms with Crippen LogP contribution in [0.5, 0.6) is 0 Å². The minimum atomic E-state index is -1.08. The average Bonchev–Trinajstić information content (AvgIpc) is 2.22. The largest absolute Gasteiger partial charge is 0.497 e. The van der Waals surface area contributed by atoms with Crippen LogP contribution in [-0.4, -0.2) is 40.6 Å². The molecule has 5 heteroatoms. The normalized spacial score (nSPS) is 14.4. The van der Waals surface area contributed by atoms with Crippen molar-refractivity contribution in [3.05, 3.63) is 11.3 Å². The predicted octanol–water partition coefficient (Wildman–Crippen LogP) is 0.515. The molecule has 0 saturated carbocycles. The second-order valence-electron chi connectivity index (χ2n) is 3.24. The number of carboxylic acids is 1. The van der Waals surface area contributed by atoms with Gasteiger partial charge in [0.05, 0.1) is 24.9 Å². The lowest BCUT2D eigenvalue weighted by Crippen LogP contribution is -2.16. The van der Waals surface area contributed by atoms with Crippen molar-refractivity contribution >= 4 is 5.97 Å². The number of ether oxygens (including phenoxy) is 1. The molecule has 1 atom stereocenters. The van der Waals surface area contributed by atoms with Crippen molar-refractivity contribution in [2.45, 2.75) is 32.8 Å². The molecule has 0 heterocycles. The zero-order chi connectivity index (χ0) is 11.8. The van der Waals surface area contributed by atoms with Crippen LogP contribution in [0.4, 0.5) is 0 Å². The summed E-state index contributed by atoms with van der Waals surface area (Å²) in [6.45, 7) is 3.30. The highest BCUT2D eigenvalue weighted by molar-refractivity contribution is 5.86. The molecule has 5 nitrogen and oxygen atoms in total. The third-order valence-corrected chi connectivity index (χ3v) is 1.85. The number of hydrogen-bond donors (Lipinski definition) is 3. The molecule has 1 unspecified atom stereocenters. The summed E-state index contributed by atoms with van der Waals surface area (Å²) in [6.07, 6.45) is -0.202. The van der Waals surface area contributed by atoms with E-state index in [1.54, 1.807) is 0 Å². The fourth-order valence-corrected chi connectivity index (χ4v) is 0.943. The van der Waals surface area contributed by atoms with Crippen molar-refractivity contribution in [3.8, 4) is 0 Å². The van der Waals surface area contributed by atoms with E-state index in [2.05, 4.69) is 0 Å². The van der Waals surface area contributed by atoms with Crippen molar-refractivity contribution in [2.24, 2.45) is 0 Å². The van der Waals surface area contributed by atoms with Crippen molar-refractivity contribution in [2.75, 3.05) is 13.2 Å². The minimum Gasteiger partial charge on any atom is -0.497 e. The van der Waals surface area contributed by atoms with Gasteiger partial charge in [-0.25, -0.2) is 4.79 Å². The van der Waals surface area contributed by atoms with E-state index < -0.39 is 18.7 Å². The van der Waals surface area contributed by atoms with Crippen LogP contribution >= 0.6 is 0 Å². The maximum absolute atomic E-state index is 10.7. The molecule has 0 bridgehead atoms. The second-order valence-corrected chi connectivity index (χ2v) is 3.24. The average molecular weight is 218 g/mol. The lowest BCUT2D eigenvalue weighted by atomic mass is 10.1. The first kappa shape index (κ1) is 13.9. The summed E-state index contributed by atoms with van der Waals surface area (Å²) in [7, 11) is 0. The Kier molecular flexibility index (Phi) is 6.73. The predicted molar refractivity (Wildman–Crippen MR) is 54.3 cm³/mol. The van der Waals surface area contributed by atoms with Gasteiger partial charge >= 0.3 is 5.97 Å². The lowest BCUT2D eigenvalue weighted by Gasteiger charge is -2.14. The Morgan fingerprint density at radius 1 is 1.47 bits per heavy atom. The summed E-state index contributed by atoms with van der Waals surface area (Å²) >= 11 is 0. The molecule has 0 aliphatic rings. The third kappa shape index (κ3) is 5.39. The monoisotopic (exact) mass is 218 g/mol. The van der Waals surface area contributed by atoms with Crippen LogP contribution in [0.25, 0.3) is 0 Å². The molecular weight excluding hydrogens is 200 g/mol. The highest BCUT2D eigenvalue weighted by atomic mass is 16.5. The molecule has 3 N–H and O–H groups in total. The smallest absolute Gasteiger partial charge is 0.334 e. The number of rotatable bonds is 7. The van der Waals surface area contributed by atoms with Gasteiger partial charge in [0.25, 0.3) is 0 Å². The van der Waals surface area contributed by atoms with Crippen LogP contribution in [0.2, 0.25) is 0 Å². The van der Waals surface area contributed by atoms with Gasteiger partial charge < -0.3 is 20.1 Å². The molecule has 88 valence electrons. The standard InChI is InChI=1S/C10H18O5/c1-3-4-15-9(5-8(12)6-11)7(2)10(13)14/h8,11-12H,3-6H2,1-2H3,(H,13,14). The Balaban J connectivity index is 4.56. The molecule has 15 heavy (non-hydrogen) atoms. The maximum Gasteiger partial charge on any atom is 0.334 e.